The fourth-order valence-electron chi connectivity index (χ4n) is 1.77. The van der Waals surface area contributed by atoms with Crippen LogP contribution in [0.25, 0.3) is 0 Å². The Hall–Kier alpha value is -0.770. The molecule has 2 rings (SSSR count). The van der Waals surface area contributed by atoms with Crippen molar-refractivity contribution in [1.82, 2.24) is 0 Å². The normalized spacial score (nSPS) is 12.3. The van der Waals surface area contributed by atoms with E-state index in [4.69, 9.17) is 23.2 Å². The first-order valence-corrected chi connectivity index (χ1v) is 7.19. The molecule has 0 radical (unpaired) electrons. The van der Waals surface area contributed by atoms with Crippen molar-refractivity contribution in [2.45, 2.75) is 13.0 Å². The molecular formula is C14H11BrCl2FN. The quantitative estimate of drug-likeness (QED) is 0.698. The van der Waals surface area contributed by atoms with Gasteiger partial charge in [-0.1, -0.05) is 39.1 Å². The fourth-order valence-corrected chi connectivity index (χ4v) is 2.49. The van der Waals surface area contributed by atoms with E-state index in [0.717, 1.165) is 4.47 Å². The highest BCUT2D eigenvalue weighted by atomic mass is 79.9. The third kappa shape index (κ3) is 3.62. The number of rotatable bonds is 3. The van der Waals surface area contributed by atoms with Crippen LogP contribution < -0.4 is 5.32 Å². The predicted octanol–water partition coefficient (Wildman–Crippen LogP) is 6.07. The molecule has 100 valence electrons. The van der Waals surface area contributed by atoms with E-state index >= 15 is 0 Å². The van der Waals surface area contributed by atoms with E-state index < -0.39 is 0 Å². The van der Waals surface area contributed by atoms with E-state index in [1.807, 2.05) is 6.92 Å². The van der Waals surface area contributed by atoms with Crippen LogP contribution in [0.4, 0.5) is 10.1 Å². The van der Waals surface area contributed by atoms with Crippen molar-refractivity contribution in [2.24, 2.45) is 0 Å². The first-order valence-electron chi connectivity index (χ1n) is 5.64. The standard InChI is InChI=1S/C14H11BrCl2FN/c1-8(11-6-9(15)2-5-13(11)18)19-14-7-10(16)3-4-12(14)17/h2-8,19H,1H3. The molecule has 0 aliphatic rings. The smallest absolute Gasteiger partial charge is 0.128 e. The highest BCUT2D eigenvalue weighted by Crippen LogP contribution is 2.30. The van der Waals surface area contributed by atoms with Crippen LogP contribution in [0.3, 0.4) is 0 Å². The zero-order chi connectivity index (χ0) is 14.0. The molecule has 0 fully saturated rings. The van der Waals surface area contributed by atoms with Gasteiger partial charge in [0.15, 0.2) is 0 Å². The minimum atomic E-state index is -0.263. The highest BCUT2D eigenvalue weighted by molar-refractivity contribution is 9.10. The molecule has 0 aliphatic carbocycles. The number of halogens is 4. The summed E-state index contributed by atoms with van der Waals surface area (Å²) < 4.78 is 14.6. The number of hydrogen-bond acceptors (Lipinski definition) is 1. The molecule has 0 amide bonds. The Kier molecular flexibility index (Phi) is 4.71. The summed E-state index contributed by atoms with van der Waals surface area (Å²) in [6.45, 7) is 1.86. The highest BCUT2D eigenvalue weighted by Gasteiger charge is 2.13. The van der Waals surface area contributed by atoms with Gasteiger partial charge in [-0.3, -0.25) is 0 Å². The number of nitrogens with one attached hydrogen (secondary N) is 1. The lowest BCUT2D eigenvalue weighted by Crippen LogP contribution is -2.09. The van der Waals surface area contributed by atoms with Crippen LogP contribution in [-0.2, 0) is 0 Å². The van der Waals surface area contributed by atoms with Crippen LogP contribution in [0.2, 0.25) is 10.0 Å². The Morgan fingerprint density at radius 2 is 1.89 bits per heavy atom. The lowest BCUT2D eigenvalue weighted by atomic mass is 10.1. The molecule has 1 N–H and O–H groups in total. The van der Waals surface area contributed by atoms with Crippen LogP contribution in [0.15, 0.2) is 40.9 Å². The summed E-state index contributed by atoms with van der Waals surface area (Å²) in [5.74, 6) is -0.263. The molecule has 0 heterocycles. The second kappa shape index (κ2) is 6.12. The number of anilines is 1. The SMILES string of the molecule is CC(Nc1cc(Cl)ccc1Cl)c1cc(Br)ccc1F. The summed E-state index contributed by atoms with van der Waals surface area (Å²) in [4.78, 5) is 0. The summed E-state index contributed by atoms with van der Waals surface area (Å²) in [5.41, 5.74) is 1.24. The maximum absolute atomic E-state index is 13.8. The van der Waals surface area contributed by atoms with Crippen LogP contribution in [0, 0.1) is 5.82 Å². The number of benzene rings is 2. The number of hydrogen-bond donors (Lipinski definition) is 1. The van der Waals surface area contributed by atoms with Crippen molar-refractivity contribution < 1.29 is 4.39 Å². The molecule has 1 nitrogen and oxygen atoms in total. The molecule has 0 spiro atoms. The molecule has 0 aliphatic heterocycles. The van der Waals surface area contributed by atoms with Crippen molar-refractivity contribution in [1.29, 1.82) is 0 Å². The minimum absolute atomic E-state index is 0.228. The fraction of sp³-hybridized carbons (Fsp3) is 0.143. The van der Waals surface area contributed by atoms with Gasteiger partial charge in [-0.15, -0.1) is 0 Å². The molecule has 0 saturated heterocycles. The zero-order valence-corrected chi connectivity index (χ0v) is 13.2. The summed E-state index contributed by atoms with van der Waals surface area (Å²) in [5, 5.41) is 4.28. The van der Waals surface area contributed by atoms with Crippen molar-refractivity contribution in [3.8, 4) is 0 Å². The molecule has 0 saturated carbocycles. The lowest BCUT2D eigenvalue weighted by Gasteiger charge is -2.18. The van der Waals surface area contributed by atoms with Gasteiger partial charge in [0.05, 0.1) is 16.8 Å². The largest absolute Gasteiger partial charge is 0.377 e. The predicted molar refractivity (Wildman–Crippen MR) is 82.6 cm³/mol. The molecule has 2 aromatic rings. The Morgan fingerprint density at radius 1 is 1.16 bits per heavy atom. The van der Waals surface area contributed by atoms with E-state index in [0.29, 0.717) is 21.3 Å². The second-order valence-electron chi connectivity index (χ2n) is 4.16. The summed E-state index contributed by atoms with van der Waals surface area (Å²) in [7, 11) is 0. The summed E-state index contributed by atoms with van der Waals surface area (Å²) >= 11 is 15.3. The Labute approximate surface area is 129 Å². The van der Waals surface area contributed by atoms with Crippen molar-refractivity contribution in [3.63, 3.8) is 0 Å². The maximum atomic E-state index is 13.8. The lowest BCUT2D eigenvalue weighted by molar-refractivity contribution is 0.600. The zero-order valence-electron chi connectivity index (χ0n) is 10.1. The Bertz CT molecular complexity index is 604. The average molecular weight is 363 g/mol. The molecule has 1 atom stereocenters. The van der Waals surface area contributed by atoms with E-state index in [2.05, 4.69) is 21.2 Å². The first-order chi connectivity index (χ1) is 8.97. The van der Waals surface area contributed by atoms with E-state index in [1.54, 1.807) is 30.3 Å². The third-order valence-corrected chi connectivity index (χ3v) is 3.78. The van der Waals surface area contributed by atoms with Crippen molar-refractivity contribution in [2.75, 3.05) is 5.32 Å². The molecule has 5 heteroatoms. The van der Waals surface area contributed by atoms with Crippen LogP contribution in [0.1, 0.15) is 18.5 Å². The van der Waals surface area contributed by atoms with Gasteiger partial charge < -0.3 is 5.32 Å². The molecule has 0 bridgehead atoms. The summed E-state index contributed by atoms with van der Waals surface area (Å²) in [6, 6.07) is 9.74. The van der Waals surface area contributed by atoms with Gasteiger partial charge >= 0.3 is 0 Å². The summed E-state index contributed by atoms with van der Waals surface area (Å²) in [6.07, 6.45) is 0. The maximum Gasteiger partial charge on any atom is 0.128 e. The van der Waals surface area contributed by atoms with Gasteiger partial charge in [0.2, 0.25) is 0 Å². The monoisotopic (exact) mass is 361 g/mol. The molecule has 1 unspecified atom stereocenters. The molecule has 2 aromatic carbocycles. The van der Waals surface area contributed by atoms with E-state index in [1.165, 1.54) is 6.07 Å². The van der Waals surface area contributed by atoms with Crippen LogP contribution in [-0.4, -0.2) is 0 Å². The van der Waals surface area contributed by atoms with Crippen LogP contribution >= 0.6 is 39.1 Å². The van der Waals surface area contributed by atoms with Gasteiger partial charge in [-0.2, -0.15) is 0 Å². The third-order valence-electron chi connectivity index (χ3n) is 2.72. The van der Waals surface area contributed by atoms with Gasteiger partial charge in [-0.05, 0) is 43.3 Å². The van der Waals surface area contributed by atoms with Gasteiger partial charge in [0.1, 0.15) is 5.82 Å². The Morgan fingerprint density at radius 3 is 2.63 bits per heavy atom. The first kappa shape index (κ1) is 14.6. The molecule has 0 aromatic heterocycles. The van der Waals surface area contributed by atoms with Crippen LogP contribution in [0.5, 0.6) is 0 Å². The topological polar surface area (TPSA) is 12.0 Å². The molecular weight excluding hydrogens is 352 g/mol. The van der Waals surface area contributed by atoms with Gasteiger partial charge in [0, 0.05) is 15.1 Å². The Balaban J connectivity index is 2.27. The molecule has 19 heavy (non-hydrogen) atoms. The van der Waals surface area contributed by atoms with Crippen molar-refractivity contribution >= 4 is 44.8 Å². The van der Waals surface area contributed by atoms with Gasteiger partial charge in [0.25, 0.3) is 0 Å². The minimum Gasteiger partial charge on any atom is -0.377 e. The second-order valence-corrected chi connectivity index (χ2v) is 5.92. The van der Waals surface area contributed by atoms with E-state index in [9.17, 15) is 4.39 Å². The van der Waals surface area contributed by atoms with E-state index in [-0.39, 0.29) is 11.9 Å². The van der Waals surface area contributed by atoms with Gasteiger partial charge in [-0.25, -0.2) is 4.39 Å². The van der Waals surface area contributed by atoms with Crippen molar-refractivity contribution in [3.05, 3.63) is 62.3 Å². The average Bonchev–Trinajstić information content (AvgIpc) is 2.36.